The number of benzene rings is 2. The van der Waals surface area contributed by atoms with Crippen molar-refractivity contribution in [2.75, 3.05) is 10.6 Å². The zero-order valence-electron chi connectivity index (χ0n) is 16.5. The Hall–Kier alpha value is -2.62. The standard InChI is InChI=1S/C23H28N2O2/c1-15(2)18-11-8-12-19(16(3)4)20(18)25-22(27)23(13-14-23)21(26)24-17-9-6-5-7-10-17/h5-12,15-16H,13-14H2,1-4H3,(H,24,26)(H,25,27). The number of nitrogens with one attached hydrogen (secondary N) is 2. The van der Waals surface area contributed by atoms with E-state index < -0.39 is 5.41 Å². The van der Waals surface area contributed by atoms with Gasteiger partial charge in [0.05, 0.1) is 0 Å². The molecule has 0 atom stereocenters. The van der Waals surface area contributed by atoms with Gasteiger partial charge >= 0.3 is 0 Å². The van der Waals surface area contributed by atoms with E-state index >= 15 is 0 Å². The van der Waals surface area contributed by atoms with Gasteiger partial charge in [-0.15, -0.1) is 0 Å². The highest BCUT2D eigenvalue weighted by molar-refractivity contribution is 6.17. The van der Waals surface area contributed by atoms with Crippen LogP contribution in [0.15, 0.2) is 48.5 Å². The summed E-state index contributed by atoms with van der Waals surface area (Å²) in [6, 6.07) is 15.4. The summed E-state index contributed by atoms with van der Waals surface area (Å²) < 4.78 is 0. The summed E-state index contributed by atoms with van der Waals surface area (Å²) in [6.07, 6.45) is 1.16. The molecular weight excluding hydrogens is 336 g/mol. The average molecular weight is 364 g/mol. The minimum absolute atomic E-state index is 0.203. The molecule has 1 aliphatic rings. The lowest BCUT2D eigenvalue weighted by Gasteiger charge is -2.22. The Bertz CT molecular complexity index is 810. The van der Waals surface area contributed by atoms with Crippen LogP contribution in [0.4, 0.5) is 11.4 Å². The van der Waals surface area contributed by atoms with Crippen LogP contribution in [0.2, 0.25) is 0 Å². The molecule has 2 aromatic carbocycles. The van der Waals surface area contributed by atoms with Crippen LogP contribution in [0.25, 0.3) is 0 Å². The molecule has 142 valence electrons. The second-order valence-electron chi connectivity index (χ2n) is 7.98. The molecule has 0 aliphatic heterocycles. The van der Waals surface area contributed by atoms with Gasteiger partial charge in [-0.05, 0) is 47.9 Å². The molecule has 4 heteroatoms. The molecular formula is C23H28N2O2. The predicted molar refractivity (Wildman–Crippen MR) is 110 cm³/mol. The molecule has 27 heavy (non-hydrogen) atoms. The molecule has 1 saturated carbocycles. The fourth-order valence-electron chi connectivity index (χ4n) is 3.38. The van der Waals surface area contributed by atoms with Gasteiger partial charge in [-0.25, -0.2) is 0 Å². The van der Waals surface area contributed by atoms with E-state index in [1.807, 2.05) is 36.4 Å². The van der Waals surface area contributed by atoms with Gasteiger partial charge in [0.1, 0.15) is 5.41 Å². The molecule has 0 aromatic heterocycles. The van der Waals surface area contributed by atoms with Crippen LogP contribution in [0.1, 0.15) is 63.5 Å². The van der Waals surface area contributed by atoms with Crippen molar-refractivity contribution in [2.24, 2.45) is 5.41 Å². The molecule has 0 radical (unpaired) electrons. The van der Waals surface area contributed by atoms with Crippen molar-refractivity contribution in [3.63, 3.8) is 0 Å². The number of anilines is 2. The molecule has 0 bridgehead atoms. The Labute approximate surface area is 161 Å². The maximum atomic E-state index is 13.1. The van der Waals surface area contributed by atoms with Gasteiger partial charge in [0, 0.05) is 11.4 Å². The number of carbonyl (C=O) groups is 2. The van der Waals surface area contributed by atoms with Crippen LogP contribution in [0.5, 0.6) is 0 Å². The van der Waals surface area contributed by atoms with Gasteiger partial charge in [-0.1, -0.05) is 64.1 Å². The van der Waals surface area contributed by atoms with Crippen LogP contribution in [0, 0.1) is 5.41 Å². The van der Waals surface area contributed by atoms with Gasteiger partial charge in [0.15, 0.2) is 0 Å². The minimum atomic E-state index is -0.964. The first kappa shape index (κ1) is 19.2. The van der Waals surface area contributed by atoms with Gasteiger partial charge in [0.25, 0.3) is 0 Å². The number of hydrogen-bond donors (Lipinski definition) is 2. The zero-order chi connectivity index (χ0) is 19.6. The Kier molecular flexibility index (Phi) is 5.36. The Morgan fingerprint density at radius 3 is 1.78 bits per heavy atom. The molecule has 4 nitrogen and oxygen atoms in total. The van der Waals surface area contributed by atoms with Crippen molar-refractivity contribution in [1.82, 2.24) is 0 Å². The lowest BCUT2D eigenvalue weighted by molar-refractivity contribution is -0.131. The summed E-state index contributed by atoms with van der Waals surface area (Å²) in [5.74, 6) is 0.143. The Balaban J connectivity index is 1.84. The van der Waals surface area contributed by atoms with E-state index in [1.54, 1.807) is 0 Å². The fraction of sp³-hybridized carbons (Fsp3) is 0.391. The number of rotatable bonds is 6. The summed E-state index contributed by atoms with van der Waals surface area (Å²) >= 11 is 0. The van der Waals surface area contributed by atoms with E-state index in [-0.39, 0.29) is 23.7 Å². The largest absolute Gasteiger partial charge is 0.325 e. The van der Waals surface area contributed by atoms with E-state index in [1.165, 1.54) is 0 Å². The third-order valence-corrected chi connectivity index (χ3v) is 5.26. The lowest BCUT2D eigenvalue weighted by Crippen LogP contribution is -2.36. The molecule has 2 aromatic rings. The highest BCUT2D eigenvalue weighted by Crippen LogP contribution is 2.48. The maximum Gasteiger partial charge on any atom is 0.240 e. The highest BCUT2D eigenvalue weighted by atomic mass is 16.2. The van der Waals surface area contributed by atoms with E-state index in [0.29, 0.717) is 18.5 Å². The maximum absolute atomic E-state index is 13.1. The summed E-state index contributed by atoms with van der Waals surface area (Å²) in [4.78, 5) is 25.9. The van der Waals surface area contributed by atoms with Crippen LogP contribution in [-0.2, 0) is 9.59 Å². The minimum Gasteiger partial charge on any atom is -0.325 e. The number of amides is 2. The first-order valence-corrected chi connectivity index (χ1v) is 9.66. The molecule has 0 heterocycles. The van der Waals surface area contributed by atoms with E-state index in [2.05, 4.69) is 50.5 Å². The summed E-state index contributed by atoms with van der Waals surface area (Å²) in [7, 11) is 0. The van der Waals surface area contributed by atoms with Crippen LogP contribution in [0.3, 0.4) is 0 Å². The molecule has 0 spiro atoms. The van der Waals surface area contributed by atoms with Gasteiger partial charge in [-0.2, -0.15) is 0 Å². The predicted octanol–water partition coefficient (Wildman–Crippen LogP) is 5.29. The first-order chi connectivity index (χ1) is 12.8. The van der Waals surface area contributed by atoms with Crippen molar-refractivity contribution >= 4 is 23.2 Å². The highest BCUT2D eigenvalue weighted by Gasteiger charge is 2.56. The van der Waals surface area contributed by atoms with Crippen LogP contribution >= 0.6 is 0 Å². The lowest BCUT2D eigenvalue weighted by atomic mass is 9.92. The normalized spacial score (nSPS) is 14.9. The number of hydrogen-bond acceptors (Lipinski definition) is 2. The molecule has 1 fully saturated rings. The number of carbonyl (C=O) groups excluding carboxylic acids is 2. The Morgan fingerprint density at radius 2 is 1.30 bits per heavy atom. The van der Waals surface area contributed by atoms with E-state index in [4.69, 9.17) is 0 Å². The third-order valence-electron chi connectivity index (χ3n) is 5.26. The summed E-state index contributed by atoms with van der Waals surface area (Å²) in [5.41, 5.74) is 2.83. The van der Waals surface area contributed by atoms with Crippen molar-refractivity contribution < 1.29 is 9.59 Å². The van der Waals surface area contributed by atoms with E-state index in [9.17, 15) is 9.59 Å². The SMILES string of the molecule is CC(C)c1cccc(C(C)C)c1NC(=O)C1(C(=O)Nc2ccccc2)CC1. The van der Waals surface area contributed by atoms with Crippen molar-refractivity contribution in [1.29, 1.82) is 0 Å². The molecule has 0 unspecified atom stereocenters. The Morgan fingerprint density at radius 1 is 0.778 bits per heavy atom. The van der Waals surface area contributed by atoms with Crippen molar-refractivity contribution in [3.05, 3.63) is 59.7 Å². The number of para-hydroxylation sites is 2. The topological polar surface area (TPSA) is 58.2 Å². The van der Waals surface area contributed by atoms with Gasteiger partial charge < -0.3 is 10.6 Å². The second kappa shape index (κ2) is 7.55. The van der Waals surface area contributed by atoms with Crippen molar-refractivity contribution in [2.45, 2.75) is 52.4 Å². The fourth-order valence-corrected chi connectivity index (χ4v) is 3.38. The quantitative estimate of drug-likeness (QED) is 0.684. The molecule has 1 aliphatic carbocycles. The van der Waals surface area contributed by atoms with Crippen LogP contribution in [-0.4, -0.2) is 11.8 Å². The van der Waals surface area contributed by atoms with Gasteiger partial charge in [-0.3, -0.25) is 9.59 Å². The second-order valence-corrected chi connectivity index (χ2v) is 7.98. The summed E-state index contributed by atoms with van der Waals surface area (Å²) in [5, 5.41) is 6.00. The average Bonchev–Trinajstić information content (AvgIpc) is 3.44. The summed E-state index contributed by atoms with van der Waals surface area (Å²) in [6.45, 7) is 8.46. The monoisotopic (exact) mass is 364 g/mol. The van der Waals surface area contributed by atoms with Crippen molar-refractivity contribution in [3.8, 4) is 0 Å². The van der Waals surface area contributed by atoms with Crippen LogP contribution < -0.4 is 10.6 Å². The molecule has 2 N–H and O–H groups in total. The van der Waals surface area contributed by atoms with Gasteiger partial charge in [0.2, 0.25) is 11.8 Å². The smallest absolute Gasteiger partial charge is 0.240 e. The first-order valence-electron chi connectivity index (χ1n) is 9.66. The van der Waals surface area contributed by atoms with E-state index in [0.717, 1.165) is 16.8 Å². The molecule has 2 amide bonds. The zero-order valence-corrected chi connectivity index (χ0v) is 16.5. The molecule has 3 rings (SSSR count). The molecule has 0 saturated heterocycles. The third kappa shape index (κ3) is 3.90.